The first-order valence-corrected chi connectivity index (χ1v) is 4.78. The highest BCUT2D eigenvalue weighted by Gasteiger charge is 2.36. The summed E-state index contributed by atoms with van der Waals surface area (Å²) in [6.07, 6.45) is -3.94. The van der Waals surface area contributed by atoms with Crippen molar-refractivity contribution < 1.29 is 26.4 Å². The highest BCUT2D eigenvalue weighted by molar-refractivity contribution is 5.61. The Bertz CT molecular complexity index is 588. The molecule has 0 saturated carbocycles. The molecule has 0 bridgehead atoms. The Hall–Kier alpha value is -1.92. The van der Waals surface area contributed by atoms with Gasteiger partial charge in [0.2, 0.25) is 0 Å². The molecule has 0 aliphatic carbocycles. The SMILES string of the molecule is Cc1ncoc1-c1ccc(C(F)(F)F)c(F)c1F. The minimum Gasteiger partial charge on any atom is -0.443 e. The third kappa shape index (κ3) is 1.96. The Kier molecular flexibility index (Phi) is 2.84. The Morgan fingerprint density at radius 2 is 1.78 bits per heavy atom. The number of aromatic nitrogens is 1. The zero-order valence-corrected chi connectivity index (χ0v) is 8.98. The molecule has 0 spiro atoms. The average Bonchev–Trinajstić information content (AvgIpc) is 2.67. The van der Waals surface area contributed by atoms with Crippen molar-refractivity contribution in [2.75, 3.05) is 0 Å². The number of alkyl halides is 3. The van der Waals surface area contributed by atoms with Crippen LogP contribution in [0.4, 0.5) is 22.0 Å². The summed E-state index contributed by atoms with van der Waals surface area (Å²) in [6.45, 7) is 1.47. The van der Waals surface area contributed by atoms with Gasteiger partial charge in [-0.1, -0.05) is 0 Å². The van der Waals surface area contributed by atoms with Gasteiger partial charge in [0, 0.05) is 0 Å². The van der Waals surface area contributed by atoms with E-state index in [1.807, 2.05) is 0 Å². The maximum atomic E-state index is 13.6. The number of aryl methyl sites for hydroxylation is 1. The molecule has 2 aromatic rings. The van der Waals surface area contributed by atoms with Gasteiger partial charge in [-0.3, -0.25) is 0 Å². The Balaban J connectivity index is 2.62. The molecule has 0 amide bonds. The van der Waals surface area contributed by atoms with E-state index in [2.05, 4.69) is 4.98 Å². The molecule has 1 aromatic heterocycles. The van der Waals surface area contributed by atoms with Crippen molar-refractivity contribution in [2.24, 2.45) is 0 Å². The summed E-state index contributed by atoms with van der Waals surface area (Å²) in [5, 5.41) is 0. The van der Waals surface area contributed by atoms with Crippen molar-refractivity contribution in [3.8, 4) is 11.3 Å². The minimum atomic E-state index is -4.94. The molecule has 0 saturated heterocycles. The van der Waals surface area contributed by atoms with Gasteiger partial charge < -0.3 is 4.42 Å². The van der Waals surface area contributed by atoms with E-state index in [1.54, 1.807) is 0 Å². The van der Waals surface area contributed by atoms with Crippen LogP contribution in [0.15, 0.2) is 22.9 Å². The number of halogens is 5. The fourth-order valence-electron chi connectivity index (χ4n) is 1.50. The Morgan fingerprint density at radius 1 is 1.11 bits per heavy atom. The maximum absolute atomic E-state index is 13.6. The second-order valence-corrected chi connectivity index (χ2v) is 3.55. The Morgan fingerprint density at radius 3 is 2.28 bits per heavy atom. The highest BCUT2D eigenvalue weighted by Crippen LogP contribution is 2.36. The largest absolute Gasteiger partial charge is 0.443 e. The van der Waals surface area contributed by atoms with Gasteiger partial charge in [0.1, 0.15) is 0 Å². The van der Waals surface area contributed by atoms with Crippen molar-refractivity contribution >= 4 is 0 Å². The lowest BCUT2D eigenvalue weighted by Crippen LogP contribution is -2.10. The first-order chi connectivity index (χ1) is 8.32. The molecule has 0 radical (unpaired) electrons. The van der Waals surface area contributed by atoms with E-state index in [9.17, 15) is 22.0 Å². The molecule has 7 heteroatoms. The quantitative estimate of drug-likeness (QED) is 0.728. The lowest BCUT2D eigenvalue weighted by atomic mass is 10.1. The fourth-order valence-corrected chi connectivity index (χ4v) is 1.50. The highest BCUT2D eigenvalue weighted by atomic mass is 19.4. The molecule has 96 valence electrons. The van der Waals surface area contributed by atoms with Gasteiger partial charge in [-0.15, -0.1) is 0 Å². The van der Waals surface area contributed by atoms with E-state index in [1.165, 1.54) is 6.92 Å². The van der Waals surface area contributed by atoms with E-state index in [4.69, 9.17) is 4.42 Å². The van der Waals surface area contributed by atoms with Crippen molar-refractivity contribution in [1.82, 2.24) is 4.98 Å². The molecule has 0 unspecified atom stereocenters. The summed E-state index contributed by atoms with van der Waals surface area (Å²) in [5.41, 5.74) is -1.79. The molecular weight excluding hydrogens is 257 g/mol. The standard InChI is InChI=1S/C11H6F5NO/c1-5-10(18-4-17-5)6-2-3-7(11(14,15)16)9(13)8(6)12/h2-4H,1H3. The van der Waals surface area contributed by atoms with Crippen LogP contribution in [0.2, 0.25) is 0 Å². The van der Waals surface area contributed by atoms with E-state index < -0.39 is 28.9 Å². The van der Waals surface area contributed by atoms with Crippen LogP contribution < -0.4 is 0 Å². The van der Waals surface area contributed by atoms with Gasteiger partial charge in [0.25, 0.3) is 0 Å². The number of hydrogen-bond acceptors (Lipinski definition) is 2. The van der Waals surface area contributed by atoms with Crippen molar-refractivity contribution in [3.05, 3.63) is 41.4 Å². The molecule has 0 fully saturated rings. The van der Waals surface area contributed by atoms with Crippen LogP contribution in [0.1, 0.15) is 11.3 Å². The van der Waals surface area contributed by atoms with Crippen LogP contribution in [-0.2, 0) is 6.18 Å². The molecule has 0 atom stereocenters. The summed E-state index contributed by atoms with van der Waals surface area (Å²) in [5.74, 6) is -3.65. The molecule has 0 aliphatic rings. The zero-order valence-electron chi connectivity index (χ0n) is 8.98. The van der Waals surface area contributed by atoms with Crippen LogP contribution in [0.5, 0.6) is 0 Å². The molecular formula is C11H6F5NO. The van der Waals surface area contributed by atoms with Crippen LogP contribution in [-0.4, -0.2) is 4.98 Å². The first kappa shape index (κ1) is 12.5. The second kappa shape index (κ2) is 4.08. The van der Waals surface area contributed by atoms with Crippen LogP contribution in [0.3, 0.4) is 0 Å². The first-order valence-electron chi connectivity index (χ1n) is 4.78. The Labute approximate surface area is 98.1 Å². The van der Waals surface area contributed by atoms with Crippen molar-refractivity contribution in [1.29, 1.82) is 0 Å². The molecule has 2 rings (SSSR count). The van der Waals surface area contributed by atoms with E-state index >= 15 is 0 Å². The van der Waals surface area contributed by atoms with Gasteiger partial charge in [0.15, 0.2) is 23.8 Å². The number of nitrogens with zero attached hydrogens (tertiary/aromatic N) is 1. The van der Waals surface area contributed by atoms with Crippen LogP contribution in [0, 0.1) is 18.6 Å². The van der Waals surface area contributed by atoms with Crippen molar-refractivity contribution in [2.45, 2.75) is 13.1 Å². The van der Waals surface area contributed by atoms with E-state index in [0.29, 0.717) is 6.07 Å². The van der Waals surface area contributed by atoms with Crippen molar-refractivity contribution in [3.63, 3.8) is 0 Å². The second-order valence-electron chi connectivity index (χ2n) is 3.55. The van der Waals surface area contributed by atoms with E-state index in [-0.39, 0.29) is 11.5 Å². The predicted octanol–water partition coefficient (Wildman–Crippen LogP) is 3.95. The molecule has 0 N–H and O–H groups in total. The minimum absolute atomic E-state index is 0.0971. The van der Waals surface area contributed by atoms with Gasteiger partial charge in [0.05, 0.1) is 16.8 Å². The molecule has 18 heavy (non-hydrogen) atoms. The summed E-state index contributed by atoms with van der Waals surface area (Å²) < 4.78 is 68.7. The van der Waals surface area contributed by atoms with Gasteiger partial charge in [-0.2, -0.15) is 13.2 Å². The lowest BCUT2D eigenvalue weighted by Gasteiger charge is -2.10. The third-order valence-corrected chi connectivity index (χ3v) is 2.38. The predicted molar refractivity (Wildman–Crippen MR) is 51.6 cm³/mol. The summed E-state index contributed by atoms with van der Waals surface area (Å²) in [7, 11) is 0. The molecule has 1 heterocycles. The summed E-state index contributed by atoms with van der Waals surface area (Å²) >= 11 is 0. The number of hydrogen-bond donors (Lipinski definition) is 0. The number of oxazole rings is 1. The number of rotatable bonds is 1. The van der Waals surface area contributed by atoms with Gasteiger partial charge >= 0.3 is 6.18 Å². The third-order valence-electron chi connectivity index (χ3n) is 2.38. The number of benzene rings is 1. The lowest BCUT2D eigenvalue weighted by molar-refractivity contribution is -0.140. The monoisotopic (exact) mass is 263 g/mol. The van der Waals surface area contributed by atoms with Crippen LogP contribution in [0.25, 0.3) is 11.3 Å². The van der Waals surface area contributed by atoms with Gasteiger partial charge in [-0.25, -0.2) is 13.8 Å². The molecule has 0 aliphatic heterocycles. The summed E-state index contributed by atoms with van der Waals surface area (Å²) in [6, 6.07) is 1.28. The fraction of sp³-hybridized carbons (Fsp3) is 0.182. The summed E-state index contributed by atoms with van der Waals surface area (Å²) in [4.78, 5) is 3.66. The normalized spacial score (nSPS) is 11.9. The average molecular weight is 263 g/mol. The molecule has 2 nitrogen and oxygen atoms in total. The topological polar surface area (TPSA) is 26.0 Å². The molecule has 1 aromatic carbocycles. The van der Waals surface area contributed by atoms with Crippen LogP contribution >= 0.6 is 0 Å². The smallest absolute Gasteiger partial charge is 0.419 e. The van der Waals surface area contributed by atoms with E-state index in [0.717, 1.165) is 12.5 Å². The van der Waals surface area contributed by atoms with Gasteiger partial charge in [-0.05, 0) is 19.1 Å². The zero-order chi connectivity index (χ0) is 13.5. The maximum Gasteiger partial charge on any atom is 0.419 e.